The Hall–Kier alpha value is -1.04. The van der Waals surface area contributed by atoms with Crippen molar-refractivity contribution in [1.82, 2.24) is 5.32 Å². The molecule has 0 saturated carbocycles. The molecule has 0 aromatic rings. The molecule has 116 valence electrons. The number of hydrogen-bond acceptors (Lipinski definition) is 2. The first-order valence-electron chi connectivity index (χ1n) is 8.28. The Kier molecular flexibility index (Phi) is 10.2. The lowest BCUT2D eigenvalue weighted by Gasteiger charge is -2.26. The average molecular weight is 280 g/mol. The second-order valence-corrected chi connectivity index (χ2v) is 5.92. The Balaban J connectivity index is 4.41. The van der Waals surface area contributed by atoms with Gasteiger partial charge >= 0.3 is 0 Å². The lowest BCUT2D eigenvalue weighted by molar-refractivity contribution is -0.129. The third-order valence-corrected chi connectivity index (χ3v) is 3.87. The zero-order valence-electron chi connectivity index (χ0n) is 13.8. The summed E-state index contributed by atoms with van der Waals surface area (Å²) < 4.78 is 0. The second-order valence-electron chi connectivity index (χ2n) is 5.92. The van der Waals surface area contributed by atoms with Gasteiger partial charge in [-0.2, -0.15) is 5.26 Å². The molecule has 0 saturated heterocycles. The quantitative estimate of drug-likeness (QED) is 0.563. The molecule has 0 rings (SSSR count). The van der Waals surface area contributed by atoms with Crippen molar-refractivity contribution in [3.05, 3.63) is 0 Å². The van der Waals surface area contributed by atoms with Crippen molar-refractivity contribution in [3.8, 4) is 6.07 Å². The van der Waals surface area contributed by atoms with Crippen LogP contribution in [0.5, 0.6) is 0 Å². The maximum atomic E-state index is 12.4. The maximum Gasteiger partial charge on any atom is 0.240 e. The molecular weight excluding hydrogens is 248 g/mol. The van der Waals surface area contributed by atoms with Crippen molar-refractivity contribution in [3.63, 3.8) is 0 Å². The molecule has 0 aromatic heterocycles. The van der Waals surface area contributed by atoms with Crippen molar-refractivity contribution < 1.29 is 4.79 Å². The zero-order chi connectivity index (χ0) is 15.4. The molecule has 0 aliphatic carbocycles. The summed E-state index contributed by atoms with van der Waals surface area (Å²) in [5, 5.41) is 12.5. The fraction of sp³-hybridized carbons (Fsp3) is 0.882. The normalized spacial score (nSPS) is 12.8. The van der Waals surface area contributed by atoms with Gasteiger partial charge in [0.15, 0.2) is 0 Å². The molecule has 0 heterocycles. The summed E-state index contributed by atoms with van der Waals surface area (Å²) in [4.78, 5) is 12.4. The first kappa shape index (κ1) is 19.0. The van der Waals surface area contributed by atoms with Gasteiger partial charge in [0.1, 0.15) is 5.41 Å². The van der Waals surface area contributed by atoms with Gasteiger partial charge in [0.25, 0.3) is 0 Å². The van der Waals surface area contributed by atoms with Gasteiger partial charge in [-0.25, -0.2) is 0 Å². The third-order valence-electron chi connectivity index (χ3n) is 3.87. The molecule has 3 nitrogen and oxygen atoms in total. The van der Waals surface area contributed by atoms with E-state index in [1.54, 1.807) is 0 Å². The molecule has 1 N–H and O–H groups in total. The minimum atomic E-state index is -0.818. The molecule has 1 amide bonds. The maximum absolute atomic E-state index is 12.4. The number of nitrogens with zero attached hydrogens (tertiary/aromatic N) is 1. The summed E-state index contributed by atoms with van der Waals surface area (Å²) in [6.07, 6.45) is 8.92. The van der Waals surface area contributed by atoms with Crippen LogP contribution in [0.4, 0.5) is 0 Å². The Bertz CT molecular complexity index is 301. The number of carbonyl (C=O) groups excluding carboxylic acids is 1. The highest BCUT2D eigenvalue weighted by Crippen LogP contribution is 2.29. The fourth-order valence-corrected chi connectivity index (χ4v) is 2.68. The van der Waals surface area contributed by atoms with E-state index in [4.69, 9.17) is 0 Å². The van der Waals surface area contributed by atoms with Crippen LogP contribution in [0, 0.1) is 16.7 Å². The van der Waals surface area contributed by atoms with Crippen molar-refractivity contribution in [1.29, 1.82) is 5.26 Å². The van der Waals surface area contributed by atoms with Gasteiger partial charge < -0.3 is 5.32 Å². The third kappa shape index (κ3) is 6.41. The molecule has 1 atom stereocenters. The molecule has 1 unspecified atom stereocenters. The largest absolute Gasteiger partial charge is 0.352 e. The number of hydrogen-bond donors (Lipinski definition) is 1. The minimum absolute atomic E-state index is 0.0632. The first-order chi connectivity index (χ1) is 9.56. The highest BCUT2D eigenvalue weighted by Gasteiger charge is 2.37. The molecular formula is C17H32N2O. The Labute approximate surface area is 125 Å². The standard InChI is InChI=1S/C17H32N2O/c1-5-8-9-10-11-15(4)19-16(20)17(14-18,12-6-2)13-7-3/h15H,5-13H2,1-4H3,(H,19,20). The molecule has 3 heteroatoms. The van der Waals surface area contributed by atoms with Gasteiger partial charge in [-0.1, -0.05) is 59.3 Å². The zero-order valence-corrected chi connectivity index (χ0v) is 13.8. The molecule has 0 aromatic carbocycles. The second kappa shape index (κ2) is 10.7. The van der Waals surface area contributed by atoms with E-state index in [1.807, 2.05) is 20.8 Å². The van der Waals surface area contributed by atoms with Crippen molar-refractivity contribution >= 4 is 5.91 Å². The molecule has 0 spiro atoms. The van der Waals surface area contributed by atoms with Crippen LogP contribution in [0.25, 0.3) is 0 Å². The van der Waals surface area contributed by atoms with Crippen LogP contribution < -0.4 is 5.32 Å². The van der Waals surface area contributed by atoms with E-state index in [-0.39, 0.29) is 11.9 Å². The number of amides is 1. The van der Waals surface area contributed by atoms with E-state index >= 15 is 0 Å². The van der Waals surface area contributed by atoms with Crippen LogP contribution in [-0.4, -0.2) is 11.9 Å². The van der Waals surface area contributed by atoms with E-state index in [1.165, 1.54) is 19.3 Å². The lowest BCUT2D eigenvalue weighted by atomic mass is 9.79. The fourth-order valence-electron chi connectivity index (χ4n) is 2.68. The van der Waals surface area contributed by atoms with Gasteiger partial charge in [0, 0.05) is 6.04 Å². The topological polar surface area (TPSA) is 52.9 Å². The van der Waals surface area contributed by atoms with E-state index in [2.05, 4.69) is 18.3 Å². The Morgan fingerprint density at radius 1 is 1.10 bits per heavy atom. The highest BCUT2D eigenvalue weighted by atomic mass is 16.2. The average Bonchev–Trinajstić information content (AvgIpc) is 2.43. The molecule has 0 radical (unpaired) electrons. The van der Waals surface area contributed by atoms with Crippen molar-refractivity contribution in [2.75, 3.05) is 0 Å². The first-order valence-corrected chi connectivity index (χ1v) is 8.28. The van der Waals surface area contributed by atoms with E-state index < -0.39 is 5.41 Å². The van der Waals surface area contributed by atoms with Crippen LogP contribution >= 0.6 is 0 Å². The molecule has 0 aliphatic rings. The van der Waals surface area contributed by atoms with Gasteiger partial charge in [0.05, 0.1) is 6.07 Å². The molecule has 20 heavy (non-hydrogen) atoms. The Morgan fingerprint density at radius 2 is 1.70 bits per heavy atom. The number of carbonyl (C=O) groups is 1. The SMILES string of the molecule is CCCCCCC(C)NC(=O)C(C#N)(CCC)CCC. The van der Waals surface area contributed by atoms with Crippen molar-refractivity contribution in [2.24, 2.45) is 5.41 Å². The van der Waals surface area contributed by atoms with Gasteiger partial charge in [-0.05, 0) is 26.2 Å². The molecule has 0 aliphatic heterocycles. The van der Waals surface area contributed by atoms with Crippen LogP contribution in [-0.2, 0) is 4.79 Å². The van der Waals surface area contributed by atoms with E-state index in [0.29, 0.717) is 12.8 Å². The summed E-state index contributed by atoms with van der Waals surface area (Å²) in [5.74, 6) is -0.0632. The van der Waals surface area contributed by atoms with Gasteiger partial charge in [0.2, 0.25) is 5.91 Å². The van der Waals surface area contributed by atoms with E-state index in [0.717, 1.165) is 25.7 Å². The number of rotatable bonds is 11. The lowest BCUT2D eigenvalue weighted by Crippen LogP contribution is -2.44. The molecule has 0 fully saturated rings. The predicted octanol–water partition coefficient (Wildman–Crippen LogP) is 4.57. The summed E-state index contributed by atoms with van der Waals surface area (Å²) in [5.41, 5.74) is -0.818. The van der Waals surface area contributed by atoms with Gasteiger partial charge in [-0.3, -0.25) is 4.79 Å². The Morgan fingerprint density at radius 3 is 2.15 bits per heavy atom. The molecule has 0 bridgehead atoms. The van der Waals surface area contributed by atoms with Crippen molar-refractivity contribution in [2.45, 2.75) is 91.5 Å². The van der Waals surface area contributed by atoms with Crippen LogP contribution in [0.15, 0.2) is 0 Å². The summed E-state index contributed by atoms with van der Waals surface area (Å²) >= 11 is 0. The van der Waals surface area contributed by atoms with E-state index in [9.17, 15) is 10.1 Å². The van der Waals surface area contributed by atoms with Crippen LogP contribution in [0.2, 0.25) is 0 Å². The van der Waals surface area contributed by atoms with Crippen LogP contribution in [0.1, 0.15) is 85.5 Å². The number of nitriles is 1. The number of unbranched alkanes of at least 4 members (excludes halogenated alkanes) is 3. The predicted molar refractivity (Wildman–Crippen MR) is 84.2 cm³/mol. The summed E-state index contributed by atoms with van der Waals surface area (Å²) in [6.45, 7) is 8.30. The monoisotopic (exact) mass is 280 g/mol. The van der Waals surface area contributed by atoms with Crippen LogP contribution in [0.3, 0.4) is 0 Å². The minimum Gasteiger partial charge on any atom is -0.352 e. The van der Waals surface area contributed by atoms with Gasteiger partial charge in [-0.15, -0.1) is 0 Å². The number of nitrogens with one attached hydrogen (secondary N) is 1. The summed E-state index contributed by atoms with van der Waals surface area (Å²) in [6, 6.07) is 2.45. The highest BCUT2D eigenvalue weighted by molar-refractivity contribution is 5.85. The smallest absolute Gasteiger partial charge is 0.240 e. The summed E-state index contributed by atoms with van der Waals surface area (Å²) in [7, 11) is 0.